The Balaban J connectivity index is 1.82. The van der Waals surface area contributed by atoms with Crippen molar-refractivity contribution in [3.8, 4) is 0 Å². The van der Waals surface area contributed by atoms with E-state index >= 15 is 0 Å². The molecule has 0 aliphatic carbocycles. The second-order valence-electron chi connectivity index (χ2n) is 6.51. The number of carbonyl (C=O) groups excluding carboxylic acids is 1. The van der Waals surface area contributed by atoms with Gasteiger partial charge in [0, 0.05) is 46.9 Å². The zero-order chi connectivity index (χ0) is 18.8. The highest BCUT2D eigenvalue weighted by molar-refractivity contribution is 7.99. The summed E-state index contributed by atoms with van der Waals surface area (Å²) >= 11 is 8.18. The molecule has 1 aromatic heterocycles. The van der Waals surface area contributed by atoms with Crippen molar-refractivity contribution in [3.63, 3.8) is 0 Å². The standard InChI is InChI=1S/C21H20ClN3OS/c1-14-17(22)6-4-8-18(14)24-20-15-5-2-3-7-19(15)23-13-16(20)21(26)25-9-11-27-12-10-25/h2-8,13H,9-12H2,1H3,(H,23,24). The average molecular weight is 398 g/mol. The molecule has 138 valence electrons. The highest BCUT2D eigenvalue weighted by Crippen LogP contribution is 2.33. The van der Waals surface area contributed by atoms with Gasteiger partial charge < -0.3 is 10.2 Å². The van der Waals surface area contributed by atoms with Gasteiger partial charge in [-0.25, -0.2) is 0 Å². The highest BCUT2D eigenvalue weighted by atomic mass is 35.5. The van der Waals surface area contributed by atoms with Crippen molar-refractivity contribution < 1.29 is 4.79 Å². The molecule has 0 unspecified atom stereocenters. The summed E-state index contributed by atoms with van der Waals surface area (Å²) < 4.78 is 0. The molecule has 0 bridgehead atoms. The third-order valence-electron chi connectivity index (χ3n) is 4.83. The van der Waals surface area contributed by atoms with Crippen LogP contribution in [0.5, 0.6) is 0 Å². The Morgan fingerprint density at radius 2 is 1.93 bits per heavy atom. The molecular formula is C21H20ClN3OS. The molecule has 1 saturated heterocycles. The van der Waals surface area contributed by atoms with Crippen LogP contribution in [0.3, 0.4) is 0 Å². The van der Waals surface area contributed by atoms with Crippen LogP contribution in [0.15, 0.2) is 48.7 Å². The molecule has 1 fully saturated rings. The maximum absolute atomic E-state index is 13.2. The number of anilines is 2. The van der Waals surface area contributed by atoms with Crippen LogP contribution < -0.4 is 5.32 Å². The van der Waals surface area contributed by atoms with E-state index in [1.165, 1.54) is 0 Å². The number of pyridine rings is 1. The molecule has 4 nitrogen and oxygen atoms in total. The number of para-hydroxylation sites is 1. The SMILES string of the molecule is Cc1c(Cl)cccc1Nc1c(C(=O)N2CCSCC2)cnc2ccccc12. The topological polar surface area (TPSA) is 45.2 Å². The van der Waals surface area contributed by atoms with E-state index in [0.717, 1.165) is 52.4 Å². The van der Waals surface area contributed by atoms with Crippen LogP contribution >= 0.6 is 23.4 Å². The number of nitrogens with zero attached hydrogens (tertiary/aromatic N) is 2. The Bertz CT molecular complexity index is 1000. The van der Waals surface area contributed by atoms with Crippen molar-refractivity contribution in [3.05, 3.63) is 64.8 Å². The lowest BCUT2D eigenvalue weighted by molar-refractivity contribution is 0.0773. The fraction of sp³-hybridized carbons (Fsp3) is 0.238. The first-order chi connectivity index (χ1) is 13.1. The summed E-state index contributed by atoms with van der Waals surface area (Å²) in [5.41, 5.74) is 4.08. The van der Waals surface area contributed by atoms with Gasteiger partial charge in [0.05, 0.1) is 16.8 Å². The van der Waals surface area contributed by atoms with Crippen molar-refractivity contribution in [1.82, 2.24) is 9.88 Å². The molecule has 0 radical (unpaired) electrons. The number of thioether (sulfide) groups is 1. The quantitative estimate of drug-likeness (QED) is 0.665. The smallest absolute Gasteiger partial charge is 0.257 e. The number of hydrogen-bond acceptors (Lipinski definition) is 4. The monoisotopic (exact) mass is 397 g/mol. The average Bonchev–Trinajstić information content (AvgIpc) is 2.71. The van der Waals surface area contributed by atoms with Gasteiger partial charge in [0.2, 0.25) is 0 Å². The number of fused-ring (bicyclic) bond motifs is 1. The second-order valence-corrected chi connectivity index (χ2v) is 8.14. The molecule has 1 aliphatic rings. The van der Waals surface area contributed by atoms with Crippen molar-refractivity contribution in [2.45, 2.75) is 6.92 Å². The van der Waals surface area contributed by atoms with Crippen LogP contribution in [-0.4, -0.2) is 40.4 Å². The number of aromatic nitrogens is 1. The van der Waals surface area contributed by atoms with Gasteiger partial charge in [-0.1, -0.05) is 35.9 Å². The van der Waals surface area contributed by atoms with Gasteiger partial charge in [0.25, 0.3) is 5.91 Å². The Morgan fingerprint density at radius 3 is 2.74 bits per heavy atom. The third-order valence-corrected chi connectivity index (χ3v) is 6.18. The summed E-state index contributed by atoms with van der Waals surface area (Å²) in [6.45, 7) is 3.51. The van der Waals surface area contributed by atoms with Crippen LogP contribution in [-0.2, 0) is 0 Å². The predicted octanol–water partition coefficient (Wildman–Crippen LogP) is 5.13. The van der Waals surface area contributed by atoms with Crippen LogP contribution in [0.25, 0.3) is 10.9 Å². The molecule has 1 N–H and O–H groups in total. The minimum absolute atomic E-state index is 0.0238. The van der Waals surface area contributed by atoms with E-state index in [-0.39, 0.29) is 5.91 Å². The molecule has 27 heavy (non-hydrogen) atoms. The molecule has 0 atom stereocenters. The fourth-order valence-corrected chi connectivity index (χ4v) is 4.33. The van der Waals surface area contributed by atoms with Gasteiger partial charge in [0.1, 0.15) is 0 Å². The van der Waals surface area contributed by atoms with Crippen LogP contribution in [0.4, 0.5) is 11.4 Å². The lowest BCUT2D eigenvalue weighted by atomic mass is 10.1. The van der Waals surface area contributed by atoms with Crippen LogP contribution in [0, 0.1) is 6.92 Å². The molecule has 3 aromatic rings. The molecule has 1 amide bonds. The van der Waals surface area contributed by atoms with E-state index in [1.54, 1.807) is 6.20 Å². The Morgan fingerprint density at radius 1 is 1.15 bits per heavy atom. The number of amides is 1. The number of carbonyl (C=O) groups is 1. The van der Waals surface area contributed by atoms with Crippen LogP contribution in [0.1, 0.15) is 15.9 Å². The maximum Gasteiger partial charge on any atom is 0.257 e. The van der Waals surface area contributed by atoms with E-state index in [2.05, 4.69) is 10.3 Å². The summed E-state index contributed by atoms with van der Waals surface area (Å²) in [4.78, 5) is 19.7. The minimum Gasteiger partial charge on any atom is -0.354 e. The summed E-state index contributed by atoms with van der Waals surface area (Å²) in [5, 5.41) is 5.09. The van der Waals surface area contributed by atoms with Gasteiger partial charge in [-0.3, -0.25) is 9.78 Å². The van der Waals surface area contributed by atoms with Crippen molar-refractivity contribution in [2.75, 3.05) is 29.9 Å². The molecule has 4 rings (SSSR count). The number of hydrogen-bond donors (Lipinski definition) is 1. The van der Waals surface area contributed by atoms with E-state index in [4.69, 9.17) is 11.6 Å². The lowest BCUT2D eigenvalue weighted by Crippen LogP contribution is -2.38. The van der Waals surface area contributed by atoms with E-state index < -0.39 is 0 Å². The van der Waals surface area contributed by atoms with E-state index in [1.807, 2.05) is 66.1 Å². The molecule has 2 aromatic carbocycles. The molecular weight excluding hydrogens is 378 g/mol. The van der Waals surface area contributed by atoms with Crippen LogP contribution in [0.2, 0.25) is 5.02 Å². The third kappa shape index (κ3) is 3.62. The van der Waals surface area contributed by atoms with Gasteiger partial charge in [0.15, 0.2) is 0 Å². The van der Waals surface area contributed by atoms with Gasteiger partial charge in [-0.05, 0) is 30.7 Å². The Hall–Kier alpha value is -2.24. The molecule has 1 aliphatic heterocycles. The lowest BCUT2D eigenvalue weighted by Gasteiger charge is -2.27. The summed E-state index contributed by atoms with van der Waals surface area (Å²) in [6.07, 6.45) is 1.69. The van der Waals surface area contributed by atoms with E-state index in [9.17, 15) is 4.79 Å². The predicted molar refractivity (Wildman–Crippen MR) is 114 cm³/mol. The summed E-state index contributed by atoms with van der Waals surface area (Å²) in [6, 6.07) is 13.6. The van der Waals surface area contributed by atoms with Gasteiger partial charge in [-0.15, -0.1) is 0 Å². The van der Waals surface area contributed by atoms with Crippen molar-refractivity contribution in [1.29, 1.82) is 0 Å². The second kappa shape index (κ2) is 7.79. The van der Waals surface area contributed by atoms with Gasteiger partial charge in [-0.2, -0.15) is 11.8 Å². The van der Waals surface area contributed by atoms with Crippen molar-refractivity contribution >= 4 is 51.5 Å². The highest BCUT2D eigenvalue weighted by Gasteiger charge is 2.23. The van der Waals surface area contributed by atoms with Crippen molar-refractivity contribution in [2.24, 2.45) is 0 Å². The number of halogens is 1. The number of rotatable bonds is 3. The molecule has 0 saturated carbocycles. The zero-order valence-electron chi connectivity index (χ0n) is 15.0. The first-order valence-electron chi connectivity index (χ1n) is 8.92. The maximum atomic E-state index is 13.2. The number of benzene rings is 2. The summed E-state index contributed by atoms with van der Waals surface area (Å²) in [7, 11) is 0. The molecule has 0 spiro atoms. The fourth-order valence-electron chi connectivity index (χ4n) is 3.25. The Labute approximate surface area is 167 Å². The van der Waals surface area contributed by atoms with E-state index in [0.29, 0.717) is 10.6 Å². The Kier molecular flexibility index (Phi) is 5.23. The molecule has 2 heterocycles. The molecule has 6 heteroatoms. The first kappa shape index (κ1) is 18.1. The normalized spacial score (nSPS) is 14.4. The first-order valence-corrected chi connectivity index (χ1v) is 10.5. The largest absolute Gasteiger partial charge is 0.354 e. The minimum atomic E-state index is 0.0238. The number of nitrogens with one attached hydrogen (secondary N) is 1. The van der Waals surface area contributed by atoms with Gasteiger partial charge >= 0.3 is 0 Å². The summed E-state index contributed by atoms with van der Waals surface area (Å²) in [5.74, 6) is 1.97. The zero-order valence-corrected chi connectivity index (χ0v) is 16.6.